The SMILES string of the molecule is C[C@H](Oc1cccc(N2CCCC2=O)c1)C(=O)NC1CCCCCC1. The Kier molecular flexibility index (Phi) is 5.95. The second-order valence-electron chi connectivity index (χ2n) is 7.10. The van der Waals surface area contributed by atoms with E-state index in [1.165, 1.54) is 25.7 Å². The van der Waals surface area contributed by atoms with Gasteiger partial charge < -0.3 is 15.0 Å². The number of rotatable bonds is 5. The van der Waals surface area contributed by atoms with Gasteiger partial charge in [-0.2, -0.15) is 0 Å². The first-order valence-corrected chi connectivity index (χ1v) is 9.51. The number of benzene rings is 1. The Bertz CT molecular complexity index is 609. The van der Waals surface area contributed by atoms with Gasteiger partial charge in [0.05, 0.1) is 0 Å². The molecular weight excluding hydrogens is 316 g/mol. The van der Waals surface area contributed by atoms with Gasteiger partial charge in [-0.1, -0.05) is 31.7 Å². The van der Waals surface area contributed by atoms with Crippen LogP contribution in [0.1, 0.15) is 58.3 Å². The molecule has 1 saturated heterocycles. The van der Waals surface area contributed by atoms with Crippen LogP contribution in [0.2, 0.25) is 0 Å². The monoisotopic (exact) mass is 344 g/mol. The van der Waals surface area contributed by atoms with Gasteiger partial charge in [-0.25, -0.2) is 0 Å². The zero-order chi connectivity index (χ0) is 17.6. The van der Waals surface area contributed by atoms with Crippen LogP contribution in [0, 0.1) is 0 Å². The third kappa shape index (κ3) is 4.74. The lowest BCUT2D eigenvalue weighted by molar-refractivity contribution is -0.128. The third-order valence-corrected chi connectivity index (χ3v) is 5.09. The smallest absolute Gasteiger partial charge is 0.260 e. The van der Waals surface area contributed by atoms with Crippen LogP contribution in [0.3, 0.4) is 0 Å². The minimum Gasteiger partial charge on any atom is -0.481 e. The lowest BCUT2D eigenvalue weighted by Crippen LogP contribution is -2.42. The fourth-order valence-electron chi connectivity index (χ4n) is 3.65. The van der Waals surface area contributed by atoms with Crippen LogP contribution in [-0.4, -0.2) is 30.5 Å². The Morgan fingerprint density at radius 1 is 1.20 bits per heavy atom. The highest BCUT2D eigenvalue weighted by atomic mass is 16.5. The number of nitrogens with zero attached hydrogens (tertiary/aromatic N) is 1. The lowest BCUT2D eigenvalue weighted by atomic mass is 10.1. The summed E-state index contributed by atoms with van der Waals surface area (Å²) in [6, 6.07) is 7.73. The highest BCUT2D eigenvalue weighted by Gasteiger charge is 2.23. The van der Waals surface area contributed by atoms with E-state index >= 15 is 0 Å². The highest BCUT2D eigenvalue weighted by molar-refractivity contribution is 5.95. The van der Waals surface area contributed by atoms with Crippen molar-refractivity contribution in [2.45, 2.75) is 70.4 Å². The fraction of sp³-hybridized carbons (Fsp3) is 0.600. The molecule has 1 heterocycles. The maximum absolute atomic E-state index is 12.4. The molecule has 1 aromatic carbocycles. The molecule has 0 unspecified atom stereocenters. The predicted octanol–water partition coefficient (Wildman–Crippen LogP) is 3.42. The Hall–Kier alpha value is -2.04. The van der Waals surface area contributed by atoms with E-state index in [-0.39, 0.29) is 17.9 Å². The van der Waals surface area contributed by atoms with E-state index in [0.717, 1.165) is 31.5 Å². The quantitative estimate of drug-likeness (QED) is 0.833. The summed E-state index contributed by atoms with van der Waals surface area (Å²) in [5, 5.41) is 3.13. The number of hydrogen-bond acceptors (Lipinski definition) is 3. The van der Waals surface area contributed by atoms with Gasteiger partial charge >= 0.3 is 0 Å². The van der Waals surface area contributed by atoms with Gasteiger partial charge in [0, 0.05) is 30.8 Å². The van der Waals surface area contributed by atoms with Crippen LogP contribution in [-0.2, 0) is 9.59 Å². The molecule has 0 radical (unpaired) electrons. The molecule has 0 aromatic heterocycles. The van der Waals surface area contributed by atoms with Crippen LogP contribution in [0.4, 0.5) is 5.69 Å². The van der Waals surface area contributed by atoms with E-state index in [0.29, 0.717) is 12.2 Å². The topological polar surface area (TPSA) is 58.6 Å². The van der Waals surface area contributed by atoms with Crippen molar-refractivity contribution < 1.29 is 14.3 Å². The van der Waals surface area contributed by atoms with Crippen molar-refractivity contribution >= 4 is 17.5 Å². The van der Waals surface area contributed by atoms with E-state index in [4.69, 9.17) is 4.74 Å². The van der Waals surface area contributed by atoms with Gasteiger partial charge in [0.25, 0.3) is 5.91 Å². The van der Waals surface area contributed by atoms with Gasteiger partial charge in [0.15, 0.2) is 6.10 Å². The molecule has 25 heavy (non-hydrogen) atoms. The fourth-order valence-corrected chi connectivity index (χ4v) is 3.65. The summed E-state index contributed by atoms with van der Waals surface area (Å²) in [5.74, 6) is 0.714. The second kappa shape index (κ2) is 8.37. The summed E-state index contributed by atoms with van der Waals surface area (Å²) >= 11 is 0. The number of carbonyl (C=O) groups excluding carboxylic acids is 2. The van der Waals surface area contributed by atoms with E-state index in [1.54, 1.807) is 11.8 Å². The average Bonchev–Trinajstić information content (AvgIpc) is 2.87. The summed E-state index contributed by atoms with van der Waals surface area (Å²) in [7, 11) is 0. The number of anilines is 1. The molecule has 1 saturated carbocycles. The van der Waals surface area contributed by atoms with Crippen molar-refractivity contribution in [1.82, 2.24) is 5.32 Å². The normalized spacial score (nSPS) is 20.2. The van der Waals surface area contributed by atoms with Crippen LogP contribution in [0.25, 0.3) is 0 Å². The molecule has 5 heteroatoms. The minimum atomic E-state index is -0.548. The zero-order valence-electron chi connectivity index (χ0n) is 15.0. The van der Waals surface area contributed by atoms with Crippen LogP contribution < -0.4 is 15.0 Å². The summed E-state index contributed by atoms with van der Waals surface area (Å²) in [5.41, 5.74) is 0.844. The van der Waals surface area contributed by atoms with Crippen molar-refractivity contribution in [1.29, 1.82) is 0 Å². The standard InChI is InChI=1S/C20H28N2O3/c1-15(20(24)21-16-8-4-2-3-5-9-16)25-18-11-6-10-17(14-18)22-13-7-12-19(22)23/h6,10-11,14-16H,2-5,7-9,12-13H2,1H3,(H,21,24)/t15-/m0/s1. The number of nitrogens with one attached hydrogen (secondary N) is 1. The molecule has 136 valence electrons. The van der Waals surface area contributed by atoms with E-state index in [9.17, 15) is 9.59 Å². The van der Waals surface area contributed by atoms with E-state index in [2.05, 4.69) is 5.32 Å². The first-order chi connectivity index (χ1) is 12.1. The summed E-state index contributed by atoms with van der Waals surface area (Å²) in [6.45, 7) is 2.53. The molecule has 5 nitrogen and oxygen atoms in total. The molecular formula is C20H28N2O3. The van der Waals surface area contributed by atoms with Crippen LogP contribution in [0.5, 0.6) is 5.75 Å². The van der Waals surface area contributed by atoms with Crippen LogP contribution in [0.15, 0.2) is 24.3 Å². The lowest BCUT2D eigenvalue weighted by Gasteiger charge is -2.21. The van der Waals surface area contributed by atoms with Gasteiger partial charge in [0.1, 0.15) is 5.75 Å². The zero-order valence-corrected chi connectivity index (χ0v) is 15.0. The molecule has 0 spiro atoms. The molecule has 2 amide bonds. The van der Waals surface area contributed by atoms with Gasteiger partial charge in [0.2, 0.25) is 5.91 Å². The minimum absolute atomic E-state index is 0.0606. The molecule has 1 aliphatic heterocycles. The Labute approximate surface area is 149 Å². The average molecular weight is 344 g/mol. The van der Waals surface area contributed by atoms with E-state index in [1.807, 2.05) is 24.3 Å². The summed E-state index contributed by atoms with van der Waals surface area (Å²) in [6.07, 6.45) is 7.97. The largest absolute Gasteiger partial charge is 0.481 e. The van der Waals surface area contributed by atoms with Crippen molar-refractivity contribution in [3.05, 3.63) is 24.3 Å². The molecule has 1 N–H and O–H groups in total. The summed E-state index contributed by atoms with van der Waals surface area (Å²) in [4.78, 5) is 26.1. The second-order valence-corrected chi connectivity index (χ2v) is 7.10. The highest BCUT2D eigenvalue weighted by Crippen LogP contribution is 2.26. The molecule has 3 rings (SSSR count). The van der Waals surface area contributed by atoms with Crippen molar-refractivity contribution in [3.8, 4) is 5.75 Å². The maximum Gasteiger partial charge on any atom is 0.260 e. The first kappa shape index (κ1) is 17.8. The van der Waals surface area contributed by atoms with Crippen molar-refractivity contribution in [2.24, 2.45) is 0 Å². The Morgan fingerprint density at radius 3 is 2.64 bits per heavy atom. The molecule has 1 atom stereocenters. The number of hydrogen-bond donors (Lipinski definition) is 1. The van der Waals surface area contributed by atoms with Crippen LogP contribution >= 0.6 is 0 Å². The molecule has 2 aliphatic rings. The molecule has 0 bridgehead atoms. The predicted molar refractivity (Wildman–Crippen MR) is 97.8 cm³/mol. The Morgan fingerprint density at radius 2 is 1.96 bits per heavy atom. The third-order valence-electron chi connectivity index (χ3n) is 5.09. The number of carbonyl (C=O) groups is 2. The number of ether oxygens (including phenoxy) is 1. The molecule has 2 fully saturated rings. The molecule has 1 aromatic rings. The van der Waals surface area contributed by atoms with E-state index < -0.39 is 6.10 Å². The maximum atomic E-state index is 12.4. The van der Waals surface area contributed by atoms with Crippen molar-refractivity contribution in [3.63, 3.8) is 0 Å². The molecule has 1 aliphatic carbocycles. The Balaban J connectivity index is 1.57. The number of amides is 2. The van der Waals surface area contributed by atoms with Crippen molar-refractivity contribution in [2.75, 3.05) is 11.4 Å². The van der Waals surface area contributed by atoms with Gasteiger partial charge in [-0.15, -0.1) is 0 Å². The summed E-state index contributed by atoms with van der Waals surface area (Å²) < 4.78 is 5.83. The van der Waals surface area contributed by atoms with Gasteiger partial charge in [-0.05, 0) is 38.3 Å². The van der Waals surface area contributed by atoms with Gasteiger partial charge in [-0.3, -0.25) is 9.59 Å². The first-order valence-electron chi connectivity index (χ1n) is 9.51.